The van der Waals surface area contributed by atoms with Crippen molar-refractivity contribution in [2.75, 3.05) is 6.54 Å². The van der Waals surface area contributed by atoms with Gasteiger partial charge in [0.1, 0.15) is 11.4 Å². The summed E-state index contributed by atoms with van der Waals surface area (Å²) in [5.41, 5.74) is -0.457. The highest BCUT2D eigenvalue weighted by molar-refractivity contribution is 7.89. The van der Waals surface area contributed by atoms with E-state index in [0.29, 0.717) is 0 Å². The van der Waals surface area contributed by atoms with E-state index in [1.807, 2.05) is 0 Å². The van der Waals surface area contributed by atoms with E-state index in [-0.39, 0.29) is 10.0 Å². The third kappa shape index (κ3) is 3.80. The molecule has 104 valence electrons. The topological polar surface area (TPSA) is 121 Å². The summed E-state index contributed by atoms with van der Waals surface area (Å²) in [6.45, 7) is -0.857. The van der Waals surface area contributed by atoms with Gasteiger partial charge in [-0.2, -0.15) is 4.72 Å². The van der Waals surface area contributed by atoms with E-state index in [2.05, 4.69) is 0 Å². The van der Waals surface area contributed by atoms with Crippen LogP contribution in [0.5, 0.6) is 0 Å². The lowest BCUT2D eigenvalue weighted by molar-refractivity contribution is -0.135. The van der Waals surface area contributed by atoms with Gasteiger partial charge in [0.15, 0.2) is 0 Å². The Hall–Kier alpha value is -1.35. The van der Waals surface area contributed by atoms with Crippen LogP contribution in [0.25, 0.3) is 0 Å². The fraction of sp³-hybridized carbons (Fsp3) is 0.111. The van der Waals surface area contributed by atoms with Gasteiger partial charge < -0.3 is 10.2 Å². The van der Waals surface area contributed by atoms with Gasteiger partial charge in [0.25, 0.3) is 0 Å². The second kappa shape index (κ2) is 5.74. The first-order valence-electron chi connectivity index (χ1n) is 4.59. The van der Waals surface area contributed by atoms with Gasteiger partial charge in [-0.15, -0.1) is 0 Å². The van der Waals surface area contributed by atoms with Crippen LogP contribution in [-0.2, 0) is 14.8 Å². The lowest BCUT2D eigenvalue weighted by Crippen LogP contribution is -2.29. The maximum absolute atomic E-state index is 11.7. The summed E-state index contributed by atoms with van der Waals surface area (Å²) in [4.78, 5) is 20.6. The van der Waals surface area contributed by atoms with Crippen molar-refractivity contribution in [1.82, 2.24) is 4.72 Å². The molecule has 0 unspecified atom stereocenters. The van der Waals surface area contributed by atoms with Gasteiger partial charge in [0.2, 0.25) is 10.0 Å². The number of aliphatic carboxylic acids is 1. The van der Waals surface area contributed by atoms with Crippen molar-refractivity contribution in [3.63, 3.8) is 0 Å². The van der Waals surface area contributed by atoms with E-state index in [9.17, 15) is 18.0 Å². The minimum absolute atomic E-state index is 0.227. The van der Waals surface area contributed by atoms with Crippen molar-refractivity contribution in [1.29, 1.82) is 0 Å². The first-order chi connectivity index (χ1) is 8.65. The van der Waals surface area contributed by atoms with Crippen LogP contribution >= 0.6 is 23.2 Å². The number of carbonyl (C=O) groups is 2. The van der Waals surface area contributed by atoms with Crippen molar-refractivity contribution in [3.05, 3.63) is 27.7 Å². The summed E-state index contributed by atoms with van der Waals surface area (Å²) in [6, 6.07) is 1.72. The molecule has 0 aromatic heterocycles. The number of aromatic carboxylic acids is 1. The number of carboxylic acid groups (broad SMARTS) is 2. The normalized spacial score (nSPS) is 11.3. The predicted octanol–water partition coefficient (Wildman–Crippen LogP) is 1.05. The fourth-order valence-corrected chi connectivity index (χ4v) is 2.96. The van der Waals surface area contributed by atoms with Crippen molar-refractivity contribution >= 4 is 45.2 Å². The Morgan fingerprint density at radius 2 is 1.74 bits per heavy atom. The summed E-state index contributed by atoms with van der Waals surface area (Å²) in [5.74, 6) is -2.83. The molecular formula is C9H7Cl2NO6S. The molecule has 0 fully saturated rings. The molecule has 0 saturated heterocycles. The molecule has 0 atom stereocenters. The van der Waals surface area contributed by atoms with Crippen LogP contribution in [0.1, 0.15) is 10.4 Å². The van der Waals surface area contributed by atoms with E-state index >= 15 is 0 Å². The highest BCUT2D eigenvalue weighted by Gasteiger charge is 2.22. The number of carboxylic acids is 2. The number of hydrogen-bond acceptors (Lipinski definition) is 4. The smallest absolute Gasteiger partial charge is 0.337 e. The van der Waals surface area contributed by atoms with E-state index in [1.165, 1.54) is 0 Å². The Kier molecular flexibility index (Phi) is 4.75. The maximum atomic E-state index is 11.7. The Balaban J connectivity index is 3.30. The van der Waals surface area contributed by atoms with Gasteiger partial charge in [0, 0.05) is 0 Å². The van der Waals surface area contributed by atoms with Gasteiger partial charge in [-0.3, -0.25) is 4.79 Å². The van der Waals surface area contributed by atoms with Crippen LogP contribution in [0.2, 0.25) is 10.0 Å². The minimum atomic E-state index is -4.24. The summed E-state index contributed by atoms with van der Waals surface area (Å²) in [6.07, 6.45) is 0. The van der Waals surface area contributed by atoms with Crippen LogP contribution in [-0.4, -0.2) is 37.1 Å². The average Bonchev–Trinajstić information content (AvgIpc) is 2.25. The Morgan fingerprint density at radius 3 is 2.21 bits per heavy atom. The maximum Gasteiger partial charge on any atom is 0.337 e. The third-order valence-electron chi connectivity index (χ3n) is 1.95. The first kappa shape index (κ1) is 15.7. The molecule has 0 aliphatic heterocycles. The van der Waals surface area contributed by atoms with Gasteiger partial charge in [0.05, 0.1) is 15.6 Å². The minimum Gasteiger partial charge on any atom is -0.480 e. The highest BCUT2D eigenvalue weighted by atomic mass is 35.5. The summed E-state index contributed by atoms with van der Waals surface area (Å²) < 4.78 is 25.3. The second-order valence-electron chi connectivity index (χ2n) is 3.29. The predicted molar refractivity (Wildman–Crippen MR) is 66.2 cm³/mol. The number of benzene rings is 1. The zero-order chi connectivity index (χ0) is 14.8. The van der Waals surface area contributed by atoms with Crippen LogP contribution < -0.4 is 4.72 Å². The average molecular weight is 328 g/mol. The molecule has 7 nitrogen and oxygen atoms in total. The van der Waals surface area contributed by atoms with Crippen molar-refractivity contribution < 1.29 is 28.2 Å². The summed E-state index contributed by atoms with van der Waals surface area (Å²) in [5, 5.41) is 16.7. The molecule has 0 bridgehead atoms. The summed E-state index contributed by atoms with van der Waals surface area (Å²) >= 11 is 11.3. The van der Waals surface area contributed by atoms with Crippen LogP contribution in [0.15, 0.2) is 17.0 Å². The SMILES string of the molecule is O=C(O)CNS(=O)(=O)c1cc(C(=O)O)c(Cl)cc1Cl. The molecule has 0 amide bonds. The van der Waals surface area contributed by atoms with E-state index in [0.717, 1.165) is 12.1 Å². The highest BCUT2D eigenvalue weighted by Crippen LogP contribution is 2.28. The zero-order valence-electron chi connectivity index (χ0n) is 9.05. The van der Waals surface area contributed by atoms with E-state index < -0.39 is 39.0 Å². The van der Waals surface area contributed by atoms with Crippen molar-refractivity contribution in [2.45, 2.75) is 4.90 Å². The molecule has 0 aliphatic carbocycles. The first-order valence-corrected chi connectivity index (χ1v) is 6.83. The Bertz CT molecular complexity index is 642. The molecule has 10 heteroatoms. The molecule has 1 rings (SSSR count). The number of rotatable bonds is 5. The second-order valence-corrected chi connectivity index (χ2v) is 5.84. The molecule has 0 spiro atoms. The van der Waals surface area contributed by atoms with Gasteiger partial charge in [-0.05, 0) is 12.1 Å². The standard InChI is InChI=1S/C9H7Cl2NO6S/c10-5-2-6(11)7(1-4(5)9(15)16)19(17,18)12-3-8(13)14/h1-2,12H,3H2,(H,13,14)(H,15,16). The quantitative estimate of drug-likeness (QED) is 0.743. The van der Waals surface area contributed by atoms with Crippen molar-refractivity contribution in [2.24, 2.45) is 0 Å². The van der Waals surface area contributed by atoms with Crippen LogP contribution in [0.4, 0.5) is 0 Å². The summed E-state index contributed by atoms with van der Waals surface area (Å²) in [7, 11) is -4.24. The van der Waals surface area contributed by atoms with Crippen molar-refractivity contribution in [3.8, 4) is 0 Å². The lowest BCUT2D eigenvalue weighted by atomic mass is 10.2. The van der Waals surface area contributed by atoms with Crippen LogP contribution in [0.3, 0.4) is 0 Å². The van der Waals surface area contributed by atoms with Gasteiger partial charge >= 0.3 is 11.9 Å². The lowest BCUT2D eigenvalue weighted by Gasteiger charge is -2.08. The number of hydrogen-bond donors (Lipinski definition) is 3. The number of sulfonamides is 1. The molecule has 1 aromatic carbocycles. The Labute approximate surface area is 117 Å². The Morgan fingerprint density at radius 1 is 1.16 bits per heavy atom. The molecule has 3 N–H and O–H groups in total. The molecular weight excluding hydrogens is 321 g/mol. The molecule has 0 saturated carbocycles. The number of halogens is 2. The largest absolute Gasteiger partial charge is 0.480 e. The van der Waals surface area contributed by atoms with E-state index in [4.69, 9.17) is 33.4 Å². The molecule has 0 radical (unpaired) electrons. The number of nitrogens with one attached hydrogen (secondary N) is 1. The fourth-order valence-electron chi connectivity index (χ4n) is 1.13. The molecule has 0 aliphatic rings. The van der Waals surface area contributed by atoms with Gasteiger partial charge in [-0.25, -0.2) is 13.2 Å². The van der Waals surface area contributed by atoms with E-state index in [1.54, 1.807) is 4.72 Å². The third-order valence-corrected chi connectivity index (χ3v) is 4.13. The van der Waals surface area contributed by atoms with Crippen LogP contribution in [0, 0.1) is 0 Å². The van der Waals surface area contributed by atoms with Gasteiger partial charge in [-0.1, -0.05) is 23.2 Å². The monoisotopic (exact) mass is 327 g/mol. The molecule has 19 heavy (non-hydrogen) atoms. The molecule has 0 heterocycles. The zero-order valence-corrected chi connectivity index (χ0v) is 11.4. The molecule has 1 aromatic rings.